The Kier molecular flexibility index (Phi) is 6.64. The molecule has 2 aromatic heterocycles. The number of aromatic nitrogens is 2. The Morgan fingerprint density at radius 2 is 1.61 bits per heavy atom. The van der Waals surface area contributed by atoms with E-state index in [0.29, 0.717) is 5.82 Å². The summed E-state index contributed by atoms with van der Waals surface area (Å²) in [5.74, 6) is 1.39. The van der Waals surface area contributed by atoms with Gasteiger partial charge in [-0.05, 0) is 0 Å². The van der Waals surface area contributed by atoms with E-state index in [0.717, 1.165) is 73.8 Å². The molecule has 0 unspecified atom stereocenters. The summed E-state index contributed by atoms with van der Waals surface area (Å²) in [5.41, 5.74) is 6.84. The third kappa shape index (κ3) is 4.42. The number of fused-ring (bicyclic) bond motifs is 1. The molecule has 7 nitrogen and oxygen atoms in total. The molecule has 36 heavy (non-hydrogen) atoms. The van der Waals surface area contributed by atoms with Crippen LogP contribution in [0.25, 0.3) is 27.8 Å². The van der Waals surface area contributed by atoms with E-state index in [1.165, 1.54) is 12.1 Å². The van der Waals surface area contributed by atoms with Crippen molar-refractivity contribution in [1.29, 1.82) is 0 Å². The van der Waals surface area contributed by atoms with Gasteiger partial charge in [-0.15, -0.1) is 0 Å². The van der Waals surface area contributed by atoms with Gasteiger partial charge in [-0.2, -0.15) is 0 Å². The number of nitro benzene ring substituents is 1. The molecular weight excluding hydrogens is 648 g/mol. The van der Waals surface area contributed by atoms with Crippen molar-refractivity contribution in [2.75, 3.05) is 7.11 Å². The van der Waals surface area contributed by atoms with Crippen LogP contribution in [-0.4, -0.2) is 50.5 Å². The number of rotatable bonds is 6. The Morgan fingerprint density at radius 1 is 0.972 bits per heavy atom. The summed E-state index contributed by atoms with van der Waals surface area (Å²) in [7, 11) is 1.64. The van der Waals surface area contributed by atoms with Crippen LogP contribution in [0.2, 0.25) is 0 Å². The van der Waals surface area contributed by atoms with Crippen LogP contribution in [0.4, 0.5) is 11.5 Å². The molecule has 0 aliphatic heterocycles. The predicted molar refractivity (Wildman–Crippen MR) is 142 cm³/mol. The zero-order valence-electron chi connectivity index (χ0n) is 19.7. The molecule has 0 saturated carbocycles. The number of hydrogen-bond acceptors (Lipinski definition) is 5. The molecule has 3 radical (unpaired) electrons. The van der Waals surface area contributed by atoms with Crippen molar-refractivity contribution < 1.29 is 9.66 Å². The molecule has 0 amide bonds. The van der Waals surface area contributed by atoms with Gasteiger partial charge in [0.1, 0.15) is 0 Å². The molecule has 0 atom stereocenters. The fourth-order valence-corrected chi connectivity index (χ4v) is 5.40. The normalized spacial score (nSPS) is 11.6. The fourth-order valence-electron chi connectivity index (χ4n) is 4.34. The first kappa shape index (κ1) is 23.9. The minimum absolute atomic E-state index is 0.0570. The predicted octanol–water partition coefficient (Wildman–Crippen LogP) is 6.14. The Balaban J connectivity index is 1.80. The van der Waals surface area contributed by atoms with Crippen molar-refractivity contribution in [3.05, 3.63) is 113 Å². The number of aliphatic imine (C=N–C) groups is 1. The second-order valence-corrected chi connectivity index (χ2v) is 10.0. The molecule has 5 rings (SSSR count). The molecule has 0 aliphatic rings. The number of benzene rings is 3. The topological polar surface area (TPSA) is 82.0 Å². The number of nitro groups is 1. The van der Waals surface area contributed by atoms with Gasteiger partial charge in [0.05, 0.1) is 0 Å². The number of methoxy groups -OCH3 is 1. The Hall–Kier alpha value is -3.86. The summed E-state index contributed by atoms with van der Waals surface area (Å²) < 4.78 is 8.47. The van der Waals surface area contributed by atoms with Gasteiger partial charge in [0.15, 0.2) is 0 Å². The van der Waals surface area contributed by atoms with Gasteiger partial charge >= 0.3 is 225 Å². The van der Waals surface area contributed by atoms with E-state index in [4.69, 9.17) is 9.73 Å². The zero-order valence-corrected chi connectivity index (χ0v) is 23.6. The first-order valence-electron chi connectivity index (χ1n) is 11.2. The van der Waals surface area contributed by atoms with Crippen molar-refractivity contribution in [3.8, 4) is 28.0 Å². The Morgan fingerprint density at radius 3 is 2.25 bits per heavy atom. The van der Waals surface area contributed by atoms with Crippen molar-refractivity contribution >= 4 is 46.1 Å². The molecule has 0 bridgehead atoms. The van der Waals surface area contributed by atoms with E-state index in [1.807, 2.05) is 55.6 Å². The number of nitrogens with zero attached hydrogens (tertiary/aromatic N) is 4. The average molecular weight is 669 g/mol. The molecule has 2 heterocycles. The van der Waals surface area contributed by atoms with Crippen LogP contribution in [0.3, 0.4) is 0 Å². The summed E-state index contributed by atoms with van der Waals surface area (Å²) in [4.78, 5) is 20.5. The SMILES string of the molecule is COc1ccc(-c2c(-c3ccc([N+](=O)[O-])cc3)c(C)n3ccnc(N=[C]([Pb])c4ccccc4)c23)cc1. The van der Waals surface area contributed by atoms with Gasteiger partial charge in [0.2, 0.25) is 0 Å². The van der Waals surface area contributed by atoms with Gasteiger partial charge in [-0.25, -0.2) is 0 Å². The van der Waals surface area contributed by atoms with Gasteiger partial charge in [0, 0.05) is 0 Å². The molecule has 3 aromatic carbocycles. The zero-order chi connectivity index (χ0) is 25.2. The van der Waals surface area contributed by atoms with Crippen LogP contribution in [0, 0.1) is 17.0 Å². The van der Waals surface area contributed by atoms with Crippen LogP contribution in [0.15, 0.2) is 96.2 Å². The third-order valence-corrected chi connectivity index (χ3v) is 7.64. The van der Waals surface area contributed by atoms with Crippen LogP contribution < -0.4 is 4.74 Å². The van der Waals surface area contributed by atoms with Crippen molar-refractivity contribution in [1.82, 2.24) is 9.38 Å². The average Bonchev–Trinajstić information content (AvgIpc) is 3.22. The summed E-state index contributed by atoms with van der Waals surface area (Å²) in [6, 6.07) is 24.7. The van der Waals surface area contributed by atoms with E-state index >= 15 is 0 Å². The van der Waals surface area contributed by atoms with Gasteiger partial charge in [-0.3, -0.25) is 0 Å². The van der Waals surface area contributed by atoms with E-state index in [9.17, 15) is 10.1 Å². The fraction of sp³-hybridized carbons (Fsp3) is 0.0714. The molecule has 0 aliphatic carbocycles. The monoisotopic (exact) mass is 669 g/mol. The third-order valence-electron chi connectivity index (χ3n) is 6.09. The summed E-state index contributed by atoms with van der Waals surface area (Å²) >= 11 is 0.752. The minimum atomic E-state index is -0.385. The summed E-state index contributed by atoms with van der Waals surface area (Å²) in [6.07, 6.45) is 3.69. The first-order chi connectivity index (χ1) is 17.5. The van der Waals surface area contributed by atoms with Gasteiger partial charge in [-0.1, -0.05) is 0 Å². The van der Waals surface area contributed by atoms with E-state index in [1.54, 1.807) is 25.4 Å². The molecule has 0 N–H and O–H groups in total. The van der Waals surface area contributed by atoms with Gasteiger partial charge in [0.25, 0.3) is 0 Å². The number of hydrogen-bond donors (Lipinski definition) is 0. The van der Waals surface area contributed by atoms with Crippen molar-refractivity contribution in [2.45, 2.75) is 6.92 Å². The number of non-ortho nitro benzene ring substituents is 1. The Bertz CT molecular complexity index is 1590. The first-order valence-corrected chi connectivity index (χ1v) is 13.2. The maximum absolute atomic E-state index is 11.2. The van der Waals surface area contributed by atoms with E-state index in [-0.39, 0.29) is 10.6 Å². The van der Waals surface area contributed by atoms with Crippen LogP contribution >= 0.6 is 0 Å². The quantitative estimate of drug-likeness (QED) is 0.0943. The number of ether oxygens (including phenoxy) is 1. The molecular formula is C28H21N4O3Pb. The molecule has 5 aromatic rings. The summed E-state index contributed by atoms with van der Waals surface area (Å²) in [5, 5.41) is 11.2. The van der Waals surface area contributed by atoms with Crippen LogP contribution in [0.5, 0.6) is 5.75 Å². The molecule has 8 heteroatoms. The van der Waals surface area contributed by atoms with Crippen molar-refractivity contribution in [2.24, 2.45) is 4.99 Å². The van der Waals surface area contributed by atoms with Crippen molar-refractivity contribution in [3.63, 3.8) is 0 Å². The molecule has 175 valence electrons. The van der Waals surface area contributed by atoms with E-state index in [2.05, 4.69) is 21.5 Å². The Labute approximate surface area is 224 Å². The molecule has 0 spiro atoms. The van der Waals surface area contributed by atoms with Gasteiger partial charge < -0.3 is 0 Å². The van der Waals surface area contributed by atoms with Crippen LogP contribution in [-0.2, 0) is 0 Å². The summed E-state index contributed by atoms with van der Waals surface area (Å²) in [6.45, 7) is 2.04. The second kappa shape index (κ2) is 10.0. The molecule has 0 fully saturated rings. The second-order valence-electron chi connectivity index (χ2n) is 8.16. The standard InChI is InChI=1S/C28H21N4O3.Pb/c1-19-25(21-8-12-23(13-9-21)32(33)34)26(22-10-14-24(35-2)15-11-22)27-28(29-16-17-31(19)27)30-18-20-6-4-3-5-7-20;/h3-17H,1-2H3;. The number of aryl methyl sites for hydroxylation is 1. The molecule has 0 saturated heterocycles. The van der Waals surface area contributed by atoms with E-state index < -0.39 is 0 Å². The van der Waals surface area contributed by atoms with Crippen LogP contribution in [0.1, 0.15) is 11.3 Å². The maximum atomic E-state index is 11.2.